The Balaban J connectivity index is 2.48. The van der Waals surface area contributed by atoms with Crippen LogP contribution in [0.4, 0.5) is 0 Å². The number of carbonyl (C=O) groups is 3. The maximum atomic E-state index is 11.9. The summed E-state index contributed by atoms with van der Waals surface area (Å²) < 4.78 is 5.31. The molecule has 4 atom stereocenters. The van der Waals surface area contributed by atoms with Gasteiger partial charge in [0, 0.05) is 19.3 Å². The number of rotatable bonds is 12. The van der Waals surface area contributed by atoms with Gasteiger partial charge in [0.2, 0.25) is 0 Å². The minimum atomic E-state index is -0.802. The normalized spacial score (nSPS) is 24.0. The van der Waals surface area contributed by atoms with Crippen LogP contribution in [0, 0.1) is 23.7 Å². The summed E-state index contributed by atoms with van der Waals surface area (Å²) in [5.41, 5.74) is 0. The number of esters is 1. The Morgan fingerprint density at radius 2 is 1.58 bits per heavy atom. The van der Waals surface area contributed by atoms with Gasteiger partial charge in [0.05, 0.1) is 6.61 Å². The highest BCUT2D eigenvalue weighted by Crippen LogP contribution is 2.40. The lowest BCUT2D eigenvalue weighted by molar-refractivity contribution is -0.145. The number of ether oxygens (including phenoxy) is 1. The molecule has 0 aromatic rings. The first-order valence-corrected chi connectivity index (χ1v) is 9.91. The summed E-state index contributed by atoms with van der Waals surface area (Å²) in [4.78, 5) is 33.7. The van der Waals surface area contributed by atoms with Crippen LogP contribution in [0.15, 0.2) is 0 Å². The standard InChI is InChI=1S/C20H34O6/c1-3-14(2)13-26-20(25)11-8-16-6-4-15(5-9-18(21)22)12-17(16)7-10-19(23)24/h14-17H,3-13H2,1-2H3,(H,21,22)(H,23,24). The third kappa shape index (κ3) is 9.20. The van der Waals surface area contributed by atoms with E-state index in [9.17, 15) is 14.4 Å². The van der Waals surface area contributed by atoms with Crippen molar-refractivity contribution in [3.05, 3.63) is 0 Å². The number of carboxylic acid groups (broad SMARTS) is 2. The molecule has 1 aliphatic rings. The van der Waals surface area contributed by atoms with Gasteiger partial charge in [-0.1, -0.05) is 26.7 Å². The van der Waals surface area contributed by atoms with E-state index in [2.05, 4.69) is 6.92 Å². The summed E-state index contributed by atoms with van der Waals surface area (Å²) in [5, 5.41) is 17.8. The summed E-state index contributed by atoms with van der Waals surface area (Å²) >= 11 is 0. The predicted molar refractivity (Wildman–Crippen MR) is 97.7 cm³/mol. The zero-order valence-electron chi connectivity index (χ0n) is 16.1. The van der Waals surface area contributed by atoms with Gasteiger partial charge in [-0.3, -0.25) is 14.4 Å². The van der Waals surface area contributed by atoms with E-state index in [1.807, 2.05) is 6.92 Å². The molecule has 150 valence electrons. The molecule has 1 rings (SSSR count). The van der Waals surface area contributed by atoms with Crippen LogP contribution in [0.25, 0.3) is 0 Å². The van der Waals surface area contributed by atoms with Crippen molar-refractivity contribution in [2.75, 3.05) is 6.61 Å². The van der Waals surface area contributed by atoms with E-state index in [4.69, 9.17) is 14.9 Å². The van der Waals surface area contributed by atoms with E-state index in [0.29, 0.717) is 43.6 Å². The van der Waals surface area contributed by atoms with Gasteiger partial charge in [0.15, 0.2) is 0 Å². The Morgan fingerprint density at radius 3 is 2.19 bits per heavy atom. The van der Waals surface area contributed by atoms with Crippen molar-refractivity contribution in [2.45, 2.75) is 78.1 Å². The molecule has 0 spiro atoms. The van der Waals surface area contributed by atoms with E-state index < -0.39 is 11.9 Å². The second-order valence-corrected chi connectivity index (χ2v) is 7.80. The first-order chi connectivity index (χ1) is 12.3. The maximum Gasteiger partial charge on any atom is 0.305 e. The van der Waals surface area contributed by atoms with Gasteiger partial charge in [-0.2, -0.15) is 0 Å². The molecule has 0 aromatic carbocycles. The topological polar surface area (TPSA) is 101 Å². The molecule has 0 heterocycles. The monoisotopic (exact) mass is 370 g/mol. The van der Waals surface area contributed by atoms with Gasteiger partial charge >= 0.3 is 17.9 Å². The van der Waals surface area contributed by atoms with E-state index in [0.717, 1.165) is 32.1 Å². The van der Waals surface area contributed by atoms with Crippen molar-refractivity contribution < 1.29 is 29.3 Å². The Hall–Kier alpha value is -1.59. The predicted octanol–water partition coefficient (Wildman–Crippen LogP) is 4.12. The molecule has 2 N–H and O–H groups in total. The molecule has 1 fully saturated rings. The second kappa shape index (κ2) is 11.9. The van der Waals surface area contributed by atoms with Crippen LogP contribution in [-0.4, -0.2) is 34.7 Å². The molecule has 1 aliphatic carbocycles. The molecular weight excluding hydrogens is 336 g/mol. The molecule has 0 amide bonds. The molecular formula is C20H34O6. The fraction of sp³-hybridized carbons (Fsp3) is 0.850. The summed E-state index contributed by atoms with van der Waals surface area (Å²) in [6.07, 6.45) is 6.41. The van der Waals surface area contributed by atoms with Gasteiger partial charge in [-0.15, -0.1) is 0 Å². The number of carbonyl (C=O) groups excluding carboxylic acids is 1. The maximum absolute atomic E-state index is 11.9. The fourth-order valence-corrected chi connectivity index (χ4v) is 3.78. The van der Waals surface area contributed by atoms with Gasteiger partial charge < -0.3 is 14.9 Å². The van der Waals surface area contributed by atoms with E-state index >= 15 is 0 Å². The molecule has 0 saturated heterocycles. The molecule has 6 heteroatoms. The molecule has 0 radical (unpaired) electrons. The van der Waals surface area contributed by atoms with Crippen molar-refractivity contribution in [3.63, 3.8) is 0 Å². The van der Waals surface area contributed by atoms with Crippen molar-refractivity contribution in [1.82, 2.24) is 0 Å². The Labute approximate surface area is 156 Å². The summed E-state index contributed by atoms with van der Waals surface area (Å²) in [6.45, 7) is 4.57. The highest BCUT2D eigenvalue weighted by Gasteiger charge is 2.31. The highest BCUT2D eigenvalue weighted by molar-refractivity contribution is 5.69. The Kier molecular flexibility index (Phi) is 10.3. The lowest BCUT2D eigenvalue weighted by Crippen LogP contribution is -2.27. The average molecular weight is 370 g/mol. The molecule has 0 bridgehead atoms. The van der Waals surface area contributed by atoms with Crippen LogP contribution >= 0.6 is 0 Å². The van der Waals surface area contributed by atoms with Gasteiger partial charge in [-0.25, -0.2) is 0 Å². The minimum Gasteiger partial charge on any atom is -0.481 e. The first-order valence-electron chi connectivity index (χ1n) is 9.91. The Bertz CT molecular complexity index is 461. The van der Waals surface area contributed by atoms with Crippen molar-refractivity contribution in [3.8, 4) is 0 Å². The molecule has 4 unspecified atom stereocenters. The Morgan fingerprint density at radius 1 is 0.962 bits per heavy atom. The number of aliphatic carboxylic acids is 2. The lowest BCUT2D eigenvalue weighted by Gasteiger charge is -2.36. The van der Waals surface area contributed by atoms with E-state index in [1.165, 1.54) is 0 Å². The van der Waals surface area contributed by atoms with Crippen LogP contribution in [0.1, 0.15) is 78.1 Å². The third-order valence-corrected chi connectivity index (χ3v) is 5.69. The number of hydrogen-bond donors (Lipinski definition) is 2. The van der Waals surface area contributed by atoms with Crippen LogP contribution in [0.3, 0.4) is 0 Å². The quantitative estimate of drug-likeness (QED) is 0.501. The lowest BCUT2D eigenvalue weighted by atomic mass is 9.69. The van der Waals surface area contributed by atoms with Crippen molar-refractivity contribution in [1.29, 1.82) is 0 Å². The van der Waals surface area contributed by atoms with Crippen LogP contribution in [-0.2, 0) is 19.1 Å². The average Bonchev–Trinajstić information content (AvgIpc) is 2.61. The highest BCUT2D eigenvalue weighted by atomic mass is 16.5. The summed E-state index contributed by atoms with van der Waals surface area (Å²) in [7, 11) is 0. The third-order valence-electron chi connectivity index (χ3n) is 5.69. The molecule has 1 saturated carbocycles. The molecule has 0 aromatic heterocycles. The molecule has 6 nitrogen and oxygen atoms in total. The minimum absolute atomic E-state index is 0.130. The smallest absolute Gasteiger partial charge is 0.305 e. The van der Waals surface area contributed by atoms with Crippen molar-refractivity contribution in [2.24, 2.45) is 23.7 Å². The SMILES string of the molecule is CCC(C)COC(=O)CCC1CCC(CCC(=O)O)CC1CCC(=O)O. The first kappa shape index (κ1) is 22.5. The zero-order valence-corrected chi connectivity index (χ0v) is 16.1. The van der Waals surface area contributed by atoms with E-state index in [-0.39, 0.29) is 24.7 Å². The fourth-order valence-electron chi connectivity index (χ4n) is 3.78. The zero-order chi connectivity index (χ0) is 19.5. The van der Waals surface area contributed by atoms with E-state index in [1.54, 1.807) is 0 Å². The molecule has 0 aliphatic heterocycles. The van der Waals surface area contributed by atoms with Crippen LogP contribution in [0.5, 0.6) is 0 Å². The summed E-state index contributed by atoms with van der Waals surface area (Å²) in [6, 6.07) is 0. The number of carboxylic acids is 2. The second-order valence-electron chi connectivity index (χ2n) is 7.80. The number of hydrogen-bond acceptors (Lipinski definition) is 4. The summed E-state index contributed by atoms with van der Waals surface area (Å²) in [5.74, 6) is -0.462. The molecule has 26 heavy (non-hydrogen) atoms. The largest absolute Gasteiger partial charge is 0.481 e. The van der Waals surface area contributed by atoms with Gasteiger partial charge in [0.25, 0.3) is 0 Å². The van der Waals surface area contributed by atoms with Crippen LogP contribution < -0.4 is 0 Å². The van der Waals surface area contributed by atoms with Gasteiger partial charge in [0.1, 0.15) is 0 Å². The van der Waals surface area contributed by atoms with Crippen molar-refractivity contribution >= 4 is 17.9 Å². The van der Waals surface area contributed by atoms with Gasteiger partial charge in [-0.05, 0) is 55.8 Å². The van der Waals surface area contributed by atoms with Crippen LogP contribution in [0.2, 0.25) is 0 Å².